The Balaban J connectivity index is 2.51. The molecule has 0 aromatic heterocycles. The number of carbonyl (C=O) groups is 1. The number of hydrogen-bond acceptors (Lipinski definition) is 2. The lowest BCUT2D eigenvalue weighted by Gasteiger charge is -2.05. The van der Waals surface area contributed by atoms with Crippen LogP contribution in [-0.2, 0) is 0 Å². The zero-order chi connectivity index (χ0) is 12.4. The molecule has 0 aliphatic rings. The highest BCUT2D eigenvalue weighted by Gasteiger charge is 2.07. The molecule has 0 saturated carbocycles. The van der Waals surface area contributed by atoms with Gasteiger partial charge in [0.15, 0.2) is 0 Å². The van der Waals surface area contributed by atoms with Crippen LogP contribution in [0.1, 0.15) is 10.4 Å². The molecule has 2 aromatic rings. The maximum atomic E-state index is 12.8. The molecule has 0 amide bonds. The summed E-state index contributed by atoms with van der Waals surface area (Å²) in [6.45, 7) is 0. The van der Waals surface area contributed by atoms with Crippen molar-refractivity contribution in [1.29, 1.82) is 0 Å². The second-order valence-corrected chi connectivity index (χ2v) is 3.66. The van der Waals surface area contributed by atoms with Crippen LogP contribution in [0, 0.1) is 5.82 Å². The van der Waals surface area contributed by atoms with Gasteiger partial charge in [0.05, 0.1) is 5.56 Å². The van der Waals surface area contributed by atoms with Crippen molar-refractivity contribution in [2.24, 2.45) is 0 Å². The van der Waals surface area contributed by atoms with Gasteiger partial charge >= 0.3 is 5.97 Å². The fourth-order valence-electron chi connectivity index (χ4n) is 1.58. The zero-order valence-electron chi connectivity index (χ0n) is 8.85. The molecule has 0 atom stereocenters. The largest absolute Gasteiger partial charge is 0.478 e. The number of carboxylic acid groups (broad SMARTS) is 1. The molecule has 0 spiro atoms. The maximum Gasteiger partial charge on any atom is 0.335 e. The lowest BCUT2D eigenvalue weighted by Crippen LogP contribution is -1.98. The van der Waals surface area contributed by atoms with Gasteiger partial charge in [0.2, 0.25) is 0 Å². The third-order valence-corrected chi connectivity index (χ3v) is 2.38. The summed E-state index contributed by atoms with van der Waals surface area (Å²) in [5.74, 6) is -1.38. The summed E-state index contributed by atoms with van der Waals surface area (Å²) in [6, 6.07) is 10.3. The Morgan fingerprint density at radius 1 is 1.06 bits per heavy atom. The number of nitrogen functional groups attached to an aromatic ring is 1. The summed E-state index contributed by atoms with van der Waals surface area (Å²) in [5.41, 5.74) is 7.49. The smallest absolute Gasteiger partial charge is 0.335 e. The molecule has 2 rings (SSSR count). The van der Waals surface area contributed by atoms with Gasteiger partial charge in [-0.05, 0) is 41.5 Å². The van der Waals surface area contributed by atoms with E-state index in [1.807, 2.05) is 0 Å². The molecule has 0 aliphatic carbocycles. The highest BCUT2D eigenvalue weighted by molar-refractivity contribution is 5.91. The molecule has 0 radical (unpaired) electrons. The predicted octanol–water partition coefficient (Wildman–Crippen LogP) is 2.77. The lowest BCUT2D eigenvalue weighted by molar-refractivity contribution is 0.0697. The maximum absolute atomic E-state index is 12.8. The molecule has 2 aromatic carbocycles. The van der Waals surface area contributed by atoms with Crippen molar-refractivity contribution >= 4 is 11.7 Å². The molecule has 0 bridgehead atoms. The Morgan fingerprint density at radius 3 is 2.29 bits per heavy atom. The third-order valence-electron chi connectivity index (χ3n) is 2.38. The summed E-state index contributed by atoms with van der Waals surface area (Å²) in [6.07, 6.45) is 0. The first-order valence-electron chi connectivity index (χ1n) is 4.96. The molecule has 0 unspecified atom stereocenters. The van der Waals surface area contributed by atoms with Crippen molar-refractivity contribution in [3.63, 3.8) is 0 Å². The van der Waals surface area contributed by atoms with Gasteiger partial charge in [-0.15, -0.1) is 0 Å². The minimum Gasteiger partial charge on any atom is -0.478 e. The molecular weight excluding hydrogens is 221 g/mol. The first-order valence-corrected chi connectivity index (χ1v) is 4.96. The monoisotopic (exact) mass is 231 g/mol. The number of benzene rings is 2. The van der Waals surface area contributed by atoms with Crippen molar-refractivity contribution in [2.75, 3.05) is 5.73 Å². The van der Waals surface area contributed by atoms with Crippen LogP contribution in [0.4, 0.5) is 10.1 Å². The van der Waals surface area contributed by atoms with Gasteiger partial charge in [-0.3, -0.25) is 0 Å². The average molecular weight is 231 g/mol. The van der Waals surface area contributed by atoms with Gasteiger partial charge in [-0.2, -0.15) is 0 Å². The number of halogens is 1. The van der Waals surface area contributed by atoms with Crippen molar-refractivity contribution in [3.8, 4) is 11.1 Å². The first kappa shape index (κ1) is 11.1. The second-order valence-electron chi connectivity index (χ2n) is 3.66. The minimum atomic E-state index is -1.04. The highest BCUT2D eigenvalue weighted by atomic mass is 19.1. The van der Waals surface area contributed by atoms with E-state index in [0.717, 1.165) is 5.56 Å². The molecule has 0 saturated heterocycles. The molecule has 3 nitrogen and oxygen atoms in total. The Kier molecular flexibility index (Phi) is 2.78. The molecular formula is C13H10FNO2. The Bertz CT molecular complexity index is 564. The van der Waals surface area contributed by atoms with E-state index < -0.39 is 5.97 Å². The Morgan fingerprint density at radius 2 is 1.71 bits per heavy atom. The van der Waals surface area contributed by atoms with Gasteiger partial charge in [-0.25, -0.2) is 9.18 Å². The van der Waals surface area contributed by atoms with Gasteiger partial charge in [0.25, 0.3) is 0 Å². The molecule has 3 N–H and O–H groups in total. The quantitative estimate of drug-likeness (QED) is 0.781. The fourth-order valence-corrected chi connectivity index (χ4v) is 1.58. The van der Waals surface area contributed by atoms with Crippen molar-refractivity contribution in [1.82, 2.24) is 0 Å². The van der Waals surface area contributed by atoms with E-state index in [0.29, 0.717) is 11.3 Å². The Hall–Kier alpha value is -2.36. The summed E-state index contributed by atoms with van der Waals surface area (Å²) >= 11 is 0. The summed E-state index contributed by atoms with van der Waals surface area (Å²) < 4.78 is 12.8. The average Bonchev–Trinajstić information content (AvgIpc) is 2.29. The molecule has 0 aliphatic heterocycles. The van der Waals surface area contributed by atoms with Crippen LogP contribution in [0.15, 0.2) is 42.5 Å². The highest BCUT2D eigenvalue weighted by Crippen LogP contribution is 2.23. The first-order chi connectivity index (χ1) is 8.06. The normalized spacial score (nSPS) is 10.2. The topological polar surface area (TPSA) is 63.3 Å². The fraction of sp³-hybridized carbons (Fsp3) is 0. The van der Waals surface area contributed by atoms with E-state index in [1.165, 1.54) is 24.3 Å². The van der Waals surface area contributed by atoms with Gasteiger partial charge < -0.3 is 10.8 Å². The van der Waals surface area contributed by atoms with Gasteiger partial charge in [0.1, 0.15) is 5.82 Å². The lowest BCUT2D eigenvalue weighted by atomic mass is 10.0. The minimum absolute atomic E-state index is 0.115. The number of hydrogen-bond donors (Lipinski definition) is 2. The van der Waals surface area contributed by atoms with Crippen LogP contribution in [0.25, 0.3) is 11.1 Å². The van der Waals surface area contributed by atoms with E-state index >= 15 is 0 Å². The van der Waals surface area contributed by atoms with Crippen molar-refractivity contribution < 1.29 is 14.3 Å². The van der Waals surface area contributed by atoms with Crippen LogP contribution < -0.4 is 5.73 Å². The molecule has 17 heavy (non-hydrogen) atoms. The molecule has 0 heterocycles. The van der Waals surface area contributed by atoms with E-state index in [4.69, 9.17) is 10.8 Å². The van der Waals surface area contributed by atoms with E-state index in [-0.39, 0.29) is 11.4 Å². The summed E-state index contributed by atoms with van der Waals surface area (Å²) in [4.78, 5) is 10.9. The van der Waals surface area contributed by atoms with Crippen LogP contribution >= 0.6 is 0 Å². The number of rotatable bonds is 2. The predicted molar refractivity (Wildman–Crippen MR) is 63.2 cm³/mol. The molecule has 4 heteroatoms. The standard InChI is InChI=1S/C13H10FNO2/c14-11-3-1-8(2-4-11)9-5-10(13(16)17)7-12(15)6-9/h1-7H,15H2,(H,16,17). The molecule has 86 valence electrons. The van der Waals surface area contributed by atoms with E-state index in [1.54, 1.807) is 18.2 Å². The van der Waals surface area contributed by atoms with Crippen LogP contribution in [0.2, 0.25) is 0 Å². The van der Waals surface area contributed by atoms with E-state index in [2.05, 4.69) is 0 Å². The summed E-state index contributed by atoms with van der Waals surface area (Å²) in [5, 5.41) is 8.91. The van der Waals surface area contributed by atoms with Crippen LogP contribution in [-0.4, -0.2) is 11.1 Å². The number of anilines is 1. The zero-order valence-corrected chi connectivity index (χ0v) is 8.85. The van der Waals surface area contributed by atoms with Crippen LogP contribution in [0.3, 0.4) is 0 Å². The van der Waals surface area contributed by atoms with Crippen molar-refractivity contribution in [2.45, 2.75) is 0 Å². The number of nitrogens with two attached hydrogens (primary N) is 1. The van der Waals surface area contributed by atoms with E-state index in [9.17, 15) is 9.18 Å². The SMILES string of the molecule is Nc1cc(C(=O)O)cc(-c2ccc(F)cc2)c1. The third kappa shape index (κ3) is 2.42. The number of aromatic carboxylic acids is 1. The van der Waals surface area contributed by atoms with Crippen LogP contribution in [0.5, 0.6) is 0 Å². The number of carboxylic acids is 1. The van der Waals surface area contributed by atoms with Crippen molar-refractivity contribution in [3.05, 3.63) is 53.8 Å². The summed E-state index contributed by atoms with van der Waals surface area (Å²) in [7, 11) is 0. The second kappa shape index (κ2) is 4.25. The van der Waals surface area contributed by atoms with Gasteiger partial charge in [0, 0.05) is 5.69 Å². The molecule has 0 fully saturated rings. The Labute approximate surface area is 97.3 Å². The van der Waals surface area contributed by atoms with Gasteiger partial charge in [-0.1, -0.05) is 12.1 Å².